The van der Waals surface area contributed by atoms with Gasteiger partial charge in [-0.1, -0.05) is 36.4 Å². The molecule has 2 aromatic rings. The van der Waals surface area contributed by atoms with E-state index in [9.17, 15) is 13.2 Å². The molecule has 0 aliphatic rings. The third-order valence-electron chi connectivity index (χ3n) is 3.95. The molecule has 0 radical (unpaired) electrons. The Morgan fingerprint density at radius 3 is 2.41 bits per heavy atom. The minimum Gasteiger partial charge on any atom is -0.494 e. The van der Waals surface area contributed by atoms with E-state index < -0.39 is 10.0 Å². The van der Waals surface area contributed by atoms with Crippen molar-refractivity contribution in [1.29, 1.82) is 0 Å². The molecule has 0 fully saturated rings. The predicted octanol–water partition coefficient (Wildman–Crippen LogP) is 2.60. The summed E-state index contributed by atoms with van der Waals surface area (Å²) in [4.78, 5) is 12.2. The number of anilines is 1. The molecular weight excluding hydrogens is 364 g/mol. The van der Waals surface area contributed by atoms with Crippen LogP contribution in [-0.4, -0.2) is 40.3 Å². The molecule has 0 aliphatic heterocycles. The van der Waals surface area contributed by atoms with Gasteiger partial charge in [0.2, 0.25) is 15.9 Å². The summed E-state index contributed by atoms with van der Waals surface area (Å²) >= 11 is 0. The van der Waals surface area contributed by atoms with Crippen LogP contribution in [0.4, 0.5) is 5.69 Å². The van der Waals surface area contributed by atoms with Gasteiger partial charge in [-0.3, -0.25) is 9.10 Å². The monoisotopic (exact) mass is 390 g/mol. The van der Waals surface area contributed by atoms with E-state index in [-0.39, 0.29) is 12.5 Å². The fourth-order valence-electron chi connectivity index (χ4n) is 2.69. The molecule has 0 aromatic heterocycles. The fraction of sp³-hybridized carbons (Fsp3) is 0.350. The normalized spacial score (nSPS) is 11.0. The minimum absolute atomic E-state index is 0.238. The van der Waals surface area contributed by atoms with Crippen molar-refractivity contribution in [2.24, 2.45) is 0 Å². The highest BCUT2D eigenvalue weighted by Gasteiger charge is 2.20. The number of nitrogens with zero attached hydrogens (tertiary/aromatic N) is 1. The van der Waals surface area contributed by atoms with Crippen molar-refractivity contribution in [3.05, 3.63) is 60.2 Å². The number of rotatable bonds is 10. The average molecular weight is 391 g/mol. The second-order valence-corrected chi connectivity index (χ2v) is 8.01. The summed E-state index contributed by atoms with van der Waals surface area (Å²) < 4.78 is 30.7. The molecule has 1 amide bonds. The van der Waals surface area contributed by atoms with E-state index in [1.807, 2.05) is 31.2 Å². The number of carbonyl (C=O) groups excluding carboxylic acids is 1. The maximum atomic E-state index is 12.2. The average Bonchev–Trinajstić information content (AvgIpc) is 2.64. The molecule has 7 heteroatoms. The second-order valence-electron chi connectivity index (χ2n) is 6.10. The maximum Gasteiger partial charge on any atom is 0.240 e. The van der Waals surface area contributed by atoms with Crippen LogP contribution >= 0.6 is 0 Å². The first-order valence-electron chi connectivity index (χ1n) is 8.92. The van der Waals surface area contributed by atoms with Crippen molar-refractivity contribution in [2.45, 2.75) is 19.8 Å². The standard InChI is InChI=1S/C20H26N2O4S/c1-3-26-19-14-8-7-10-17(19)11-9-15-21-20(23)16-22(27(2,24)25)18-12-5-4-6-13-18/h4-8,10,12-14H,3,9,11,15-16H2,1-2H3,(H,21,23). The minimum atomic E-state index is -3.54. The van der Waals surface area contributed by atoms with Crippen LogP contribution in [0.5, 0.6) is 5.75 Å². The molecule has 27 heavy (non-hydrogen) atoms. The van der Waals surface area contributed by atoms with Gasteiger partial charge in [-0.15, -0.1) is 0 Å². The summed E-state index contributed by atoms with van der Waals surface area (Å²) in [6, 6.07) is 16.4. The van der Waals surface area contributed by atoms with Crippen LogP contribution in [-0.2, 0) is 21.2 Å². The Balaban J connectivity index is 1.87. The van der Waals surface area contributed by atoms with Crippen LogP contribution in [0.3, 0.4) is 0 Å². The quantitative estimate of drug-likeness (QED) is 0.633. The lowest BCUT2D eigenvalue weighted by Gasteiger charge is -2.21. The molecule has 1 N–H and O–H groups in total. The maximum absolute atomic E-state index is 12.2. The molecule has 2 rings (SSSR count). The van der Waals surface area contributed by atoms with E-state index in [0.717, 1.165) is 34.7 Å². The lowest BCUT2D eigenvalue weighted by Crippen LogP contribution is -2.40. The van der Waals surface area contributed by atoms with Gasteiger partial charge in [0.1, 0.15) is 12.3 Å². The van der Waals surface area contributed by atoms with Crippen LogP contribution in [0.25, 0.3) is 0 Å². The van der Waals surface area contributed by atoms with Crippen molar-refractivity contribution >= 4 is 21.6 Å². The van der Waals surface area contributed by atoms with Gasteiger partial charge >= 0.3 is 0 Å². The molecule has 0 atom stereocenters. The summed E-state index contributed by atoms with van der Waals surface area (Å²) in [5, 5.41) is 2.79. The number of nitrogens with one attached hydrogen (secondary N) is 1. The predicted molar refractivity (Wildman–Crippen MR) is 108 cm³/mol. The van der Waals surface area contributed by atoms with Crippen LogP contribution in [0.15, 0.2) is 54.6 Å². The summed E-state index contributed by atoms with van der Waals surface area (Å²) in [6.07, 6.45) is 2.60. The SMILES string of the molecule is CCOc1ccccc1CCCNC(=O)CN(c1ccccc1)S(C)(=O)=O. The van der Waals surface area contributed by atoms with Gasteiger partial charge in [0.15, 0.2) is 0 Å². The number of amides is 1. The second kappa shape index (κ2) is 9.97. The summed E-state index contributed by atoms with van der Waals surface area (Å²) in [7, 11) is -3.54. The molecule has 0 bridgehead atoms. The molecule has 0 heterocycles. The third-order valence-corrected chi connectivity index (χ3v) is 5.09. The van der Waals surface area contributed by atoms with E-state index in [1.165, 1.54) is 0 Å². The molecule has 2 aromatic carbocycles. The highest BCUT2D eigenvalue weighted by atomic mass is 32.2. The number of sulfonamides is 1. The summed E-state index contributed by atoms with van der Waals surface area (Å²) in [5.41, 5.74) is 1.57. The zero-order chi connectivity index (χ0) is 19.7. The Morgan fingerprint density at radius 1 is 1.07 bits per heavy atom. The molecular formula is C20H26N2O4S. The number of benzene rings is 2. The molecule has 0 saturated carbocycles. The van der Waals surface area contributed by atoms with Gasteiger partial charge < -0.3 is 10.1 Å². The number of carbonyl (C=O) groups is 1. The molecule has 0 aliphatic carbocycles. The Hall–Kier alpha value is -2.54. The fourth-order valence-corrected chi connectivity index (χ4v) is 3.55. The van der Waals surface area contributed by atoms with Crippen molar-refractivity contribution in [2.75, 3.05) is 30.3 Å². The van der Waals surface area contributed by atoms with Crippen molar-refractivity contribution in [3.63, 3.8) is 0 Å². The van der Waals surface area contributed by atoms with Crippen molar-refractivity contribution in [3.8, 4) is 5.75 Å². The van der Waals surface area contributed by atoms with E-state index in [0.29, 0.717) is 18.8 Å². The van der Waals surface area contributed by atoms with Gasteiger partial charge in [-0.05, 0) is 43.5 Å². The number of ether oxygens (including phenoxy) is 1. The topological polar surface area (TPSA) is 75.7 Å². The smallest absolute Gasteiger partial charge is 0.240 e. The van der Waals surface area contributed by atoms with E-state index in [4.69, 9.17) is 4.74 Å². The van der Waals surface area contributed by atoms with Gasteiger partial charge in [0, 0.05) is 6.54 Å². The van der Waals surface area contributed by atoms with Gasteiger partial charge in [0.05, 0.1) is 18.6 Å². The van der Waals surface area contributed by atoms with E-state index >= 15 is 0 Å². The zero-order valence-electron chi connectivity index (χ0n) is 15.7. The molecule has 146 valence electrons. The first-order chi connectivity index (χ1) is 12.9. The van der Waals surface area contributed by atoms with E-state index in [2.05, 4.69) is 5.32 Å². The lowest BCUT2D eigenvalue weighted by molar-refractivity contribution is -0.119. The summed E-state index contributed by atoms with van der Waals surface area (Å²) in [5.74, 6) is 0.529. The van der Waals surface area contributed by atoms with Crippen molar-refractivity contribution < 1.29 is 17.9 Å². The number of para-hydroxylation sites is 2. The number of hydrogen-bond donors (Lipinski definition) is 1. The molecule has 0 spiro atoms. The number of hydrogen-bond acceptors (Lipinski definition) is 4. The molecule has 0 saturated heterocycles. The Kier molecular flexibility index (Phi) is 7.67. The third kappa shape index (κ3) is 6.60. The van der Waals surface area contributed by atoms with Gasteiger partial charge in [-0.25, -0.2) is 8.42 Å². The van der Waals surface area contributed by atoms with Crippen LogP contribution < -0.4 is 14.4 Å². The Morgan fingerprint density at radius 2 is 1.74 bits per heavy atom. The highest BCUT2D eigenvalue weighted by Crippen LogP contribution is 2.19. The van der Waals surface area contributed by atoms with E-state index in [1.54, 1.807) is 30.3 Å². The van der Waals surface area contributed by atoms with Gasteiger partial charge in [0.25, 0.3) is 0 Å². The summed E-state index contributed by atoms with van der Waals surface area (Å²) in [6.45, 7) is 2.77. The molecule has 6 nitrogen and oxygen atoms in total. The van der Waals surface area contributed by atoms with Crippen LogP contribution in [0.1, 0.15) is 18.9 Å². The Bertz CT molecular complexity index is 838. The van der Waals surface area contributed by atoms with Crippen LogP contribution in [0.2, 0.25) is 0 Å². The van der Waals surface area contributed by atoms with Crippen LogP contribution in [0, 0.1) is 0 Å². The number of aryl methyl sites for hydroxylation is 1. The highest BCUT2D eigenvalue weighted by molar-refractivity contribution is 7.92. The van der Waals surface area contributed by atoms with Gasteiger partial charge in [-0.2, -0.15) is 0 Å². The first-order valence-corrected chi connectivity index (χ1v) is 10.8. The molecule has 0 unspecified atom stereocenters. The largest absolute Gasteiger partial charge is 0.494 e. The first kappa shape index (κ1) is 20.8. The Labute approximate surface area is 161 Å². The lowest BCUT2D eigenvalue weighted by atomic mass is 10.1. The zero-order valence-corrected chi connectivity index (χ0v) is 16.5. The van der Waals surface area contributed by atoms with Crippen molar-refractivity contribution in [1.82, 2.24) is 5.32 Å².